The van der Waals surface area contributed by atoms with Crippen LogP contribution in [0.5, 0.6) is 5.75 Å². The molecule has 1 saturated carbocycles. The molecule has 0 aromatic heterocycles. The number of carbonyl (C=O) groups is 1. The number of likely N-dealkylation sites (tertiary alicyclic amines) is 1. The lowest BCUT2D eigenvalue weighted by Crippen LogP contribution is -2.45. The Bertz CT molecular complexity index is 556. The molecule has 1 aromatic carbocycles. The van der Waals surface area contributed by atoms with Gasteiger partial charge in [0.1, 0.15) is 5.75 Å². The van der Waals surface area contributed by atoms with Crippen molar-refractivity contribution in [2.75, 3.05) is 19.6 Å². The molecule has 0 radical (unpaired) electrons. The molecule has 0 spiro atoms. The van der Waals surface area contributed by atoms with E-state index in [1.807, 2.05) is 4.90 Å². The van der Waals surface area contributed by atoms with Gasteiger partial charge in [0.15, 0.2) is 0 Å². The van der Waals surface area contributed by atoms with Crippen molar-refractivity contribution in [3.05, 3.63) is 29.8 Å². The van der Waals surface area contributed by atoms with Gasteiger partial charge in [0, 0.05) is 24.7 Å². The number of alkyl halides is 2. The Hall–Kier alpha value is -1.69. The van der Waals surface area contributed by atoms with Crippen LogP contribution in [0.4, 0.5) is 8.78 Å². The van der Waals surface area contributed by atoms with Gasteiger partial charge in [0.2, 0.25) is 5.91 Å². The highest BCUT2D eigenvalue weighted by Gasteiger charge is 2.26. The largest absolute Gasteiger partial charge is 0.435 e. The molecule has 132 valence electrons. The van der Waals surface area contributed by atoms with Gasteiger partial charge < -0.3 is 15.0 Å². The molecule has 1 amide bonds. The lowest BCUT2D eigenvalue weighted by molar-refractivity contribution is -0.131. The first-order valence-electron chi connectivity index (χ1n) is 8.65. The number of halogens is 2. The third-order valence-corrected chi connectivity index (χ3v) is 4.77. The summed E-state index contributed by atoms with van der Waals surface area (Å²) in [6.07, 6.45) is 4.68. The zero-order chi connectivity index (χ0) is 16.9. The quantitative estimate of drug-likeness (QED) is 0.831. The maximum Gasteiger partial charge on any atom is 0.387 e. The molecule has 24 heavy (non-hydrogen) atoms. The van der Waals surface area contributed by atoms with Crippen molar-refractivity contribution >= 4 is 5.91 Å². The number of nitrogens with one attached hydrogen (secondary N) is 1. The maximum absolute atomic E-state index is 12.5. The van der Waals surface area contributed by atoms with Gasteiger partial charge in [-0.2, -0.15) is 8.78 Å². The smallest absolute Gasteiger partial charge is 0.387 e. The molecule has 0 bridgehead atoms. The molecule has 2 fully saturated rings. The van der Waals surface area contributed by atoms with Crippen LogP contribution in [0.1, 0.15) is 31.2 Å². The standard InChI is InChI=1S/C18H24F2N2O2/c19-18(20)24-16-4-2-1-3-14(16)11-17(23)22-9-7-15(8-10-22)21-12-13-5-6-13/h1-4,13,15,18,21H,5-12H2. The van der Waals surface area contributed by atoms with Gasteiger partial charge in [0.25, 0.3) is 0 Å². The number of nitrogens with zero attached hydrogens (tertiary/aromatic N) is 1. The summed E-state index contributed by atoms with van der Waals surface area (Å²) in [6, 6.07) is 6.99. The van der Waals surface area contributed by atoms with Gasteiger partial charge in [-0.25, -0.2) is 0 Å². The highest BCUT2D eigenvalue weighted by atomic mass is 19.3. The summed E-state index contributed by atoms with van der Waals surface area (Å²) in [7, 11) is 0. The van der Waals surface area contributed by atoms with E-state index in [2.05, 4.69) is 10.1 Å². The number of piperidine rings is 1. The van der Waals surface area contributed by atoms with Crippen molar-refractivity contribution < 1.29 is 18.3 Å². The molecule has 3 rings (SSSR count). The predicted octanol–water partition coefficient (Wildman–Crippen LogP) is 2.82. The van der Waals surface area contributed by atoms with Crippen LogP contribution < -0.4 is 10.1 Å². The second-order valence-electron chi connectivity index (χ2n) is 6.67. The van der Waals surface area contributed by atoms with Crippen LogP contribution in [-0.2, 0) is 11.2 Å². The Balaban J connectivity index is 1.48. The first kappa shape index (κ1) is 17.1. The van der Waals surface area contributed by atoms with Gasteiger partial charge >= 0.3 is 6.61 Å². The number of para-hydroxylation sites is 1. The molecule has 0 unspecified atom stereocenters. The molecule has 1 aliphatic carbocycles. The topological polar surface area (TPSA) is 41.6 Å². The fraction of sp³-hybridized carbons (Fsp3) is 0.611. The summed E-state index contributed by atoms with van der Waals surface area (Å²) >= 11 is 0. The summed E-state index contributed by atoms with van der Waals surface area (Å²) < 4.78 is 29.4. The van der Waals surface area contributed by atoms with E-state index in [4.69, 9.17) is 0 Å². The molecular formula is C18H24F2N2O2. The SMILES string of the molecule is O=C(Cc1ccccc1OC(F)F)N1CCC(NCC2CC2)CC1. The number of hydrogen-bond acceptors (Lipinski definition) is 3. The Morgan fingerprint density at radius 1 is 1.21 bits per heavy atom. The Labute approximate surface area is 141 Å². The van der Waals surface area contributed by atoms with E-state index >= 15 is 0 Å². The first-order valence-corrected chi connectivity index (χ1v) is 8.65. The van der Waals surface area contributed by atoms with Crippen molar-refractivity contribution in [3.63, 3.8) is 0 Å². The molecule has 4 nitrogen and oxygen atoms in total. The molecule has 0 atom stereocenters. The van der Waals surface area contributed by atoms with Crippen LogP contribution in [-0.4, -0.2) is 43.1 Å². The van der Waals surface area contributed by atoms with Crippen molar-refractivity contribution in [1.82, 2.24) is 10.2 Å². The molecular weight excluding hydrogens is 314 g/mol. The normalized spacial score (nSPS) is 18.9. The molecule has 1 aromatic rings. The third kappa shape index (κ3) is 4.90. The fourth-order valence-corrected chi connectivity index (χ4v) is 3.12. The average molecular weight is 338 g/mol. The maximum atomic E-state index is 12.5. The lowest BCUT2D eigenvalue weighted by Gasteiger charge is -2.32. The minimum absolute atomic E-state index is 0.0269. The van der Waals surface area contributed by atoms with Crippen molar-refractivity contribution in [2.24, 2.45) is 5.92 Å². The Morgan fingerprint density at radius 2 is 1.92 bits per heavy atom. The molecule has 1 aliphatic heterocycles. The fourth-order valence-electron chi connectivity index (χ4n) is 3.12. The van der Waals surface area contributed by atoms with Gasteiger partial charge in [-0.05, 0) is 44.2 Å². The molecule has 1 heterocycles. The summed E-state index contributed by atoms with van der Waals surface area (Å²) in [4.78, 5) is 14.3. The molecule has 6 heteroatoms. The second-order valence-corrected chi connectivity index (χ2v) is 6.67. The number of amides is 1. The number of hydrogen-bond donors (Lipinski definition) is 1. The Kier molecular flexibility index (Phi) is 5.66. The van der Waals surface area contributed by atoms with Crippen LogP contribution in [0.3, 0.4) is 0 Å². The average Bonchev–Trinajstić information content (AvgIpc) is 3.39. The lowest BCUT2D eigenvalue weighted by atomic mass is 10.0. The predicted molar refractivity (Wildman–Crippen MR) is 87.1 cm³/mol. The zero-order valence-corrected chi connectivity index (χ0v) is 13.7. The number of carbonyl (C=O) groups excluding carboxylic acids is 1. The van der Waals surface area contributed by atoms with Crippen molar-refractivity contribution in [2.45, 2.75) is 44.8 Å². The number of benzene rings is 1. The minimum Gasteiger partial charge on any atom is -0.435 e. The zero-order valence-electron chi connectivity index (χ0n) is 13.7. The van der Waals surface area contributed by atoms with Crippen LogP contribution in [0.25, 0.3) is 0 Å². The van der Waals surface area contributed by atoms with Crippen LogP contribution >= 0.6 is 0 Å². The van der Waals surface area contributed by atoms with Gasteiger partial charge in [-0.15, -0.1) is 0 Å². The van der Waals surface area contributed by atoms with E-state index in [9.17, 15) is 13.6 Å². The second kappa shape index (κ2) is 7.92. The van der Waals surface area contributed by atoms with Crippen molar-refractivity contribution in [1.29, 1.82) is 0 Å². The van der Waals surface area contributed by atoms with Crippen LogP contribution in [0, 0.1) is 5.92 Å². The summed E-state index contributed by atoms with van der Waals surface area (Å²) in [5.74, 6) is 0.916. The van der Waals surface area contributed by atoms with E-state index in [0.717, 1.165) is 38.4 Å². The highest BCUT2D eigenvalue weighted by molar-refractivity contribution is 5.79. The summed E-state index contributed by atoms with van der Waals surface area (Å²) in [6.45, 7) is -0.343. The monoisotopic (exact) mass is 338 g/mol. The Morgan fingerprint density at radius 3 is 2.58 bits per heavy atom. The number of ether oxygens (including phenoxy) is 1. The van der Waals surface area contributed by atoms with Gasteiger partial charge in [-0.3, -0.25) is 4.79 Å². The van der Waals surface area contributed by atoms with E-state index in [0.29, 0.717) is 11.6 Å². The van der Waals surface area contributed by atoms with E-state index in [1.54, 1.807) is 18.2 Å². The van der Waals surface area contributed by atoms with E-state index in [-0.39, 0.29) is 18.1 Å². The van der Waals surface area contributed by atoms with Crippen LogP contribution in [0.15, 0.2) is 24.3 Å². The first-order chi connectivity index (χ1) is 11.6. The summed E-state index contributed by atoms with van der Waals surface area (Å²) in [5, 5.41) is 3.58. The molecule has 1 saturated heterocycles. The number of rotatable bonds is 7. The molecule has 1 N–H and O–H groups in total. The van der Waals surface area contributed by atoms with E-state index in [1.165, 1.54) is 18.9 Å². The summed E-state index contributed by atoms with van der Waals surface area (Å²) in [5.41, 5.74) is 0.511. The van der Waals surface area contributed by atoms with Crippen molar-refractivity contribution in [3.8, 4) is 5.75 Å². The van der Waals surface area contributed by atoms with E-state index < -0.39 is 6.61 Å². The van der Waals surface area contributed by atoms with Gasteiger partial charge in [0.05, 0.1) is 6.42 Å². The third-order valence-electron chi connectivity index (χ3n) is 4.77. The van der Waals surface area contributed by atoms with Gasteiger partial charge in [-0.1, -0.05) is 18.2 Å². The highest BCUT2D eigenvalue weighted by Crippen LogP contribution is 2.28. The minimum atomic E-state index is -2.88. The molecule has 2 aliphatic rings. The van der Waals surface area contributed by atoms with Crippen LogP contribution in [0.2, 0.25) is 0 Å².